The predicted molar refractivity (Wildman–Crippen MR) is 100 cm³/mol. The normalized spacial score (nSPS) is 11.4. The van der Waals surface area contributed by atoms with E-state index in [0.717, 1.165) is 5.56 Å². The van der Waals surface area contributed by atoms with Crippen LogP contribution in [0.25, 0.3) is 12.2 Å². The SMILES string of the molecule is COC(=O)c1c(/C=C/c2ccccc2)oc(NC(C)(C)C)c1C(=O)OC. The zero-order valence-corrected chi connectivity index (χ0v) is 15.6. The minimum atomic E-state index is -0.680. The fraction of sp³-hybridized carbons (Fsp3) is 0.300. The van der Waals surface area contributed by atoms with Crippen molar-refractivity contribution in [2.24, 2.45) is 0 Å². The van der Waals surface area contributed by atoms with Gasteiger partial charge in [0.15, 0.2) is 0 Å². The Hall–Kier alpha value is -3.02. The third-order valence-electron chi connectivity index (χ3n) is 3.43. The number of benzene rings is 1. The Morgan fingerprint density at radius 1 is 0.962 bits per heavy atom. The molecule has 1 heterocycles. The smallest absolute Gasteiger partial charge is 0.344 e. The summed E-state index contributed by atoms with van der Waals surface area (Å²) in [5.74, 6) is -0.977. The maximum Gasteiger partial charge on any atom is 0.344 e. The summed E-state index contributed by atoms with van der Waals surface area (Å²) in [6.45, 7) is 5.73. The van der Waals surface area contributed by atoms with E-state index < -0.39 is 17.5 Å². The number of nitrogens with one attached hydrogen (secondary N) is 1. The lowest BCUT2D eigenvalue weighted by atomic mass is 10.1. The second-order valence-electron chi connectivity index (χ2n) is 6.65. The maximum atomic E-state index is 12.3. The van der Waals surface area contributed by atoms with E-state index in [0.29, 0.717) is 0 Å². The lowest BCUT2D eigenvalue weighted by Crippen LogP contribution is -2.27. The number of carbonyl (C=O) groups is 2. The molecule has 2 aromatic rings. The van der Waals surface area contributed by atoms with E-state index in [1.54, 1.807) is 12.2 Å². The largest absolute Gasteiger partial charge is 0.465 e. The second-order valence-corrected chi connectivity index (χ2v) is 6.65. The van der Waals surface area contributed by atoms with Crippen LogP contribution in [0, 0.1) is 0 Å². The monoisotopic (exact) mass is 357 g/mol. The quantitative estimate of drug-likeness (QED) is 0.807. The Bertz CT molecular complexity index is 813. The maximum absolute atomic E-state index is 12.3. The summed E-state index contributed by atoms with van der Waals surface area (Å²) >= 11 is 0. The third-order valence-corrected chi connectivity index (χ3v) is 3.43. The van der Waals surface area contributed by atoms with Crippen LogP contribution in [0.5, 0.6) is 0 Å². The van der Waals surface area contributed by atoms with Crippen LogP contribution in [-0.2, 0) is 9.47 Å². The molecule has 0 saturated carbocycles. The standard InChI is InChI=1S/C20H23NO5/c1-20(2,3)21-17-16(19(23)25-5)15(18(22)24-4)14(26-17)12-11-13-9-7-6-8-10-13/h6-12,21H,1-5H3/b12-11+. The first-order chi connectivity index (χ1) is 12.3. The van der Waals surface area contributed by atoms with E-state index in [2.05, 4.69) is 5.32 Å². The second kappa shape index (κ2) is 7.91. The Labute approximate surface area is 152 Å². The molecule has 0 bridgehead atoms. The van der Waals surface area contributed by atoms with Crippen LogP contribution in [0.2, 0.25) is 0 Å². The van der Waals surface area contributed by atoms with Crippen LogP contribution >= 0.6 is 0 Å². The van der Waals surface area contributed by atoms with Crippen molar-refractivity contribution in [3.63, 3.8) is 0 Å². The molecule has 1 aromatic heterocycles. The molecule has 26 heavy (non-hydrogen) atoms. The highest BCUT2D eigenvalue weighted by Crippen LogP contribution is 2.32. The average Bonchev–Trinajstić information content (AvgIpc) is 2.95. The molecule has 0 aliphatic carbocycles. The number of carbonyl (C=O) groups excluding carboxylic acids is 2. The zero-order valence-electron chi connectivity index (χ0n) is 15.6. The predicted octanol–water partition coefficient (Wildman–Crippen LogP) is 4.23. The fourth-order valence-corrected chi connectivity index (χ4v) is 2.33. The third kappa shape index (κ3) is 4.53. The van der Waals surface area contributed by atoms with Gasteiger partial charge in [-0.2, -0.15) is 0 Å². The molecule has 0 fully saturated rings. The van der Waals surface area contributed by atoms with Crippen molar-refractivity contribution in [1.82, 2.24) is 0 Å². The minimum Gasteiger partial charge on any atom is -0.465 e. The van der Waals surface area contributed by atoms with Crippen LogP contribution in [-0.4, -0.2) is 31.7 Å². The first kappa shape index (κ1) is 19.3. The number of anilines is 1. The number of methoxy groups -OCH3 is 2. The molecule has 0 aliphatic rings. The van der Waals surface area contributed by atoms with E-state index >= 15 is 0 Å². The number of rotatable bonds is 5. The fourth-order valence-electron chi connectivity index (χ4n) is 2.33. The van der Waals surface area contributed by atoms with Crippen molar-refractivity contribution in [1.29, 1.82) is 0 Å². The van der Waals surface area contributed by atoms with E-state index in [1.807, 2.05) is 51.1 Å². The number of esters is 2. The van der Waals surface area contributed by atoms with Gasteiger partial charge in [-0.25, -0.2) is 9.59 Å². The van der Waals surface area contributed by atoms with Gasteiger partial charge in [0.2, 0.25) is 5.88 Å². The van der Waals surface area contributed by atoms with Gasteiger partial charge < -0.3 is 19.2 Å². The molecule has 0 unspecified atom stereocenters. The van der Waals surface area contributed by atoms with E-state index in [-0.39, 0.29) is 22.8 Å². The lowest BCUT2D eigenvalue weighted by Gasteiger charge is -2.20. The summed E-state index contributed by atoms with van der Waals surface area (Å²) in [7, 11) is 2.49. The molecule has 138 valence electrons. The summed E-state index contributed by atoms with van der Waals surface area (Å²) in [6.07, 6.45) is 3.41. The van der Waals surface area contributed by atoms with Crippen molar-refractivity contribution in [2.75, 3.05) is 19.5 Å². The van der Waals surface area contributed by atoms with Gasteiger partial charge in [-0.05, 0) is 32.4 Å². The highest BCUT2D eigenvalue weighted by molar-refractivity contribution is 6.08. The molecule has 0 amide bonds. The van der Waals surface area contributed by atoms with Gasteiger partial charge in [0.25, 0.3) is 0 Å². The van der Waals surface area contributed by atoms with Crippen LogP contribution in [0.3, 0.4) is 0 Å². The van der Waals surface area contributed by atoms with Gasteiger partial charge >= 0.3 is 11.9 Å². The van der Waals surface area contributed by atoms with Crippen molar-refractivity contribution in [3.8, 4) is 0 Å². The molecule has 1 aromatic carbocycles. The van der Waals surface area contributed by atoms with Gasteiger partial charge in [-0.15, -0.1) is 0 Å². The first-order valence-corrected chi connectivity index (χ1v) is 8.11. The zero-order chi connectivity index (χ0) is 19.3. The van der Waals surface area contributed by atoms with E-state index in [9.17, 15) is 9.59 Å². The van der Waals surface area contributed by atoms with Crippen LogP contribution in [0.1, 0.15) is 52.8 Å². The van der Waals surface area contributed by atoms with E-state index in [4.69, 9.17) is 13.9 Å². The van der Waals surface area contributed by atoms with E-state index in [1.165, 1.54) is 14.2 Å². The van der Waals surface area contributed by atoms with Gasteiger partial charge in [-0.3, -0.25) is 0 Å². The Morgan fingerprint density at radius 2 is 1.54 bits per heavy atom. The van der Waals surface area contributed by atoms with Gasteiger partial charge in [0, 0.05) is 5.54 Å². The minimum absolute atomic E-state index is 0.0157. The molecular weight excluding hydrogens is 334 g/mol. The Morgan fingerprint density at radius 3 is 2.08 bits per heavy atom. The summed E-state index contributed by atoms with van der Waals surface area (Å²) in [5.41, 5.74) is 0.568. The molecule has 0 radical (unpaired) electrons. The van der Waals surface area contributed by atoms with Gasteiger partial charge in [-0.1, -0.05) is 36.4 Å². The summed E-state index contributed by atoms with van der Waals surface area (Å²) in [5, 5.41) is 3.09. The van der Waals surface area contributed by atoms with Crippen molar-refractivity contribution >= 4 is 30.0 Å². The lowest BCUT2D eigenvalue weighted by molar-refractivity contribution is 0.0557. The highest BCUT2D eigenvalue weighted by Gasteiger charge is 2.32. The molecule has 0 saturated heterocycles. The molecule has 1 N–H and O–H groups in total. The molecule has 2 rings (SSSR count). The summed E-state index contributed by atoms with van der Waals surface area (Å²) < 4.78 is 15.5. The molecule has 6 heteroatoms. The first-order valence-electron chi connectivity index (χ1n) is 8.11. The van der Waals surface area contributed by atoms with Crippen molar-refractivity contribution < 1.29 is 23.5 Å². The molecule has 0 aliphatic heterocycles. The van der Waals surface area contributed by atoms with Crippen molar-refractivity contribution in [3.05, 3.63) is 52.8 Å². The number of furan rings is 1. The van der Waals surface area contributed by atoms with Gasteiger partial charge in [0.05, 0.1) is 14.2 Å². The number of hydrogen-bond donors (Lipinski definition) is 1. The molecule has 6 nitrogen and oxygen atoms in total. The topological polar surface area (TPSA) is 77.8 Å². The molecule has 0 spiro atoms. The van der Waals surface area contributed by atoms with Crippen LogP contribution in [0.15, 0.2) is 34.7 Å². The molecular formula is C20H23NO5. The number of hydrogen-bond acceptors (Lipinski definition) is 6. The Balaban J connectivity index is 2.60. The summed E-state index contributed by atoms with van der Waals surface area (Å²) in [4.78, 5) is 24.6. The highest BCUT2D eigenvalue weighted by atomic mass is 16.5. The van der Waals surface area contributed by atoms with Crippen LogP contribution < -0.4 is 5.32 Å². The average molecular weight is 357 g/mol. The Kier molecular flexibility index (Phi) is 5.87. The van der Waals surface area contributed by atoms with Crippen LogP contribution in [0.4, 0.5) is 5.88 Å². The van der Waals surface area contributed by atoms with Gasteiger partial charge in [0.1, 0.15) is 16.9 Å². The molecule has 0 atom stereocenters. The number of ether oxygens (including phenoxy) is 2. The summed E-state index contributed by atoms with van der Waals surface area (Å²) in [6, 6.07) is 9.52. The van der Waals surface area contributed by atoms with Crippen molar-refractivity contribution in [2.45, 2.75) is 26.3 Å².